The summed E-state index contributed by atoms with van der Waals surface area (Å²) in [6.45, 7) is 5.38. The Morgan fingerprint density at radius 3 is 2.29 bits per heavy atom. The van der Waals surface area contributed by atoms with Crippen molar-refractivity contribution in [1.82, 2.24) is 19.8 Å². The maximum absolute atomic E-state index is 13.0. The van der Waals surface area contributed by atoms with E-state index in [2.05, 4.69) is 32.0 Å². The van der Waals surface area contributed by atoms with E-state index in [4.69, 9.17) is 4.74 Å². The van der Waals surface area contributed by atoms with Crippen molar-refractivity contribution in [2.24, 2.45) is 0 Å². The molecule has 9 heteroatoms. The largest absolute Gasteiger partial charge is 0.502 e. The first-order valence-corrected chi connectivity index (χ1v) is 12.9. The van der Waals surface area contributed by atoms with Crippen LogP contribution in [-0.2, 0) is 11.3 Å². The monoisotopic (exact) mass is 513 g/mol. The molecule has 3 aromatic rings. The van der Waals surface area contributed by atoms with Gasteiger partial charge in [0.2, 0.25) is 5.75 Å². The van der Waals surface area contributed by atoms with Crippen molar-refractivity contribution in [3.05, 3.63) is 87.6 Å². The Labute approximate surface area is 221 Å². The zero-order valence-corrected chi connectivity index (χ0v) is 21.2. The lowest BCUT2D eigenvalue weighted by Gasteiger charge is -2.40. The molecule has 0 bridgehead atoms. The summed E-state index contributed by atoms with van der Waals surface area (Å²) in [5.41, 5.74) is 2.90. The quantitative estimate of drug-likeness (QED) is 0.450. The van der Waals surface area contributed by atoms with E-state index in [1.807, 2.05) is 53.4 Å². The number of hydrogen-bond donors (Lipinski definition) is 3. The van der Waals surface area contributed by atoms with Gasteiger partial charge in [0.25, 0.3) is 11.5 Å². The lowest BCUT2D eigenvalue weighted by atomic mass is 10.0. The number of carbonyl (C=O) groups excluding carboxylic acids is 1. The Kier molecular flexibility index (Phi) is 8.02. The average Bonchev–Trinajstić information content (AvgIpc) is 2.98. The van der Waals surface area contributed by atoms with E-state index in [9.17, 15) is 14.7 Å². The third-order valence-electron chi connectivity index (χ3n) is 7.05. The van der Waals surface area contributed by atoms with Crippen LogP contribution in [0, 0.1) is 11.8 Å². The summed E-state index contributed by atoms with van der Waals surface area (Å²) in [6.07, 6.45) is 3.28. The van der Waals surface area contributed by atoms with Gasteiger partial charge in [-0.05, 0) is 61.4 Å². The number of morpholine rings is 1. The molecule has 0 radical (unpaired) electrons. The highest BCUT2D eigenvalue weighted by Crippen LogP contribution is 2.20. The van der Waals surface area contributed by atoms with Crippen molar-refractivity contribution in [1.29, 1.82) is 0 Å². The Bertz CT molecular complexity index is 1360. The van der Waals surface area contributed by atoms with Crippen LogP contribution >= 0.6 is 0 Å². The summed E-state index contributed by atoms with van der Waals surface area (Å²) in [7, 11) is 0. The molecule has 196 valence electrons. The number of piperidine rings is 1. The number of hydrogen-bond acceptors (Lipinski definition) is 7. The number of benzene rings is 2. The van der Waals surface area contributed by atoms with E-state index >= 15 is 0 Å². The van der Waals surface area contributed by atoms with Crippen LogP contribution in [0.25, 0.3) is 0 Å². The fourth-order valence-electron chi connectivity index (χ4n) is 4.82. The average molecular weight is 514 g/mol. The van der Waals surface area contributed by atoms with Crippen molar-refractivity contribution in [3.63, 3.8) is 0 Å². The van der Waals surface area contributed by atoms with Crippen LogP contribution in [0.3, 0.4) is 0 Å². The number of anilines is 1. The predicted octanol–water partition coefficient (Wildman–Crippen LogP) is 2.42. The molecule has 2 fully saturated rings. The summed E-state index contributed by atoms with van der Waals surface area (Å²) < 4.78 is 5.46. The molecule has 2 aliphatic rings. The fourth-order valence-corrected chi connectivity index (χ4v) is 4.82. The third-order valence-corrected chi connectivity index (χ3v) is 7.05. The van der Waals surface area contributed by atoms with Gasteiger partial charge in [-0.25, -0.2) is 4.98 Å². The highest BCUT2D eigenvalue weighted by Gasteiger charge is 2.28. The number of carbonyl (C=O) groups is 1. The number of amides is 1. The molecule has 1 aromatic heterocycles. The van der Waals surface area contributed by atoms with Gasteiger partial charge in [-0.1, -0.05) is 11.8 Å². The van der Waals surface area contributed by atoms with E-state index in [1.54, 1.807) is 0 Å². The van der Waals surface area contributed by atoms with Gasteiger partial charge in [0, 0.05) is 54.6 Å². The zero-order valence-electron chi connectivity index (χ0n) is 21.2. The molecule has 0 spiro atoms. The predicted molar refractivity (Wildman–Crippen MR) is 144 cm³/mol. The van der Waals surface area contributed by atoms with Crippen molar-refractivity contribution in [2.45, 2.75) is 25.4 Å². The first-order chi connectivity index (χ1) is 18.6. The van der Waals surface area contributed by atoms with Crippen molar-refractivity contribution in [3.8, 4) is 17.6 Å². The number of H-pyrrole nitrogens is 1. The van der Waals surface area contributed by atoms with Gasteiger partial charge < -0.3 is 25.0 Å². The third kappa shape index (κ3) is 6.22. The van der Waals surface area contributed by atoms with Gasteiger partial charge in [0.05, 0.1) is 26.1 Å². The standard InChI is InChI=1S/C29H31N5O4/c35-27-26(31-20-32-28(27)36)19-30-24-9-5-22(6-10-24)2-1-21-3-7-23(8-4-21)29(37)34-13-11-25(12-14-34)33-15-17-38-18-16-33/h3-10,20,25,30,35H,11-19H2,(H,31,32,36). The molecule has 0 atom stereocenters. The van der Waals surface area contributed by atoms with Crippen LogP contribution in [0.1, 0.15) is 40.0 Å². The van der Waals surface area contributed by atoms with Crippen LogP contribution in [0.15, 0.2) is 59.7 Å². The number of aromatic nitrogens is 2. The summed E-state index contributed by atoms with van der Waals surface area (Å²) in [5.74, 6) is 5.98. The van der Waals surface area contributed by atoms with Crippen LogP contribution in [0.4, 0.5) is 5.69 Å². The molecule has 5 rings (SSSR count). The Balaban J connectivity index is 1.12. The Hall–Kier alpha value is -4.13. The highest BCUT2D eigenvalue weighted by molar-refractivity contribution is 5.94. The van der Waals surface area contributed by atoms with Gasteiger partial charge in [0.1, 0.15) is 5.69 Å². The summed E-state index contributed by atoms with van der Waals surface area (Å²) in [6, 6.07) is 15.5. The van der Waals surface area contributed by atoms with Crippen molar-refractivity contribution in [2.75, 3.05) is 44.7 Å². The molecular weight excluding hydrogens is 482 g/mol. The zero-order chi connectivity index (χ0) is 26.3. The lowest BCUT2D eigenvalue weighted by molar-refractivity contribution is 0.00159. The second kappa shape index (κ2) is 11.9. The van der Waals surface area contributed by atoms with Crippen LogP contribution in [0.2, 0.25) is 0 Å². The van der Waals surface area contributed by atoms with Crippen LogP contribution in [-0.4, -0.2) is 76.2 Å². The Morgan fingerprint density at radius 2 is 1.63 bits per heavy atom. The van der Waals surface area contributed by atoms with Crippen molar-refractivity contribution < 1.29 is 14.6 Å². The van der Waals surface area contributed by atoms with Gasteiger partial charge in [-0.15, -0.1) is 0 Å². The number of likely N-dealkylation sites (tertiary alicyclic amines) is 1. The number of rotatable bonds is 5. The van der Waals surface area contributed by atoms with Crippen molar-refractivity contribution >= 4 is 11.6 Å². The molecule has 3 N–H and O–H groups in total. The second-order valence-corrected chi connectivity index (χ2v) is 9.46. The molecule has 38 heavy (non-hydrogen) atoms. The SMILES string of the molecule is O=C(c1ccc(C#Cc2ccc(NCc3nc[nH]c(=O)c3O)cc2)cc1)N1CCC(N2CCOCC2)CC1. The first-order valence-electron chi connectivity index (χ1n) is 12.9. The van der Waals surface area contributed by atoms with Gasteiger partial charge in [0.15, 0.2) is 0 Å². The minimum absolute atomic E-state index is 0.0802. The van der Waals surface area contributed by atoms with Crippen LogP contribution in [0.5, 0.6) is 5.75 Å². The van der Waals surface area contributed by atoms with E-state index in [0.29, 0.717) is 11.6 Å². The second-order valence-electron chi connectivity index (χ2n) is 9.46. The smallest absolute Gasteiger partial charge is 0.293 e. The first kappa shape index (κ1) is 25.5. The highest BCUT2D eigenvalue weighted by atomic mass is 16.5. The number of aromatic amines is 1. The van der Waals surface area contributed by atoms with Crippen LogP contribution < -0.4 is 10.9 Å². The maximum Gasteiger partial charge on any atom is 0.293 e. The number of ether oxygens (including phenoxy) is 1. The molecule has 2 saturated heterocycles. The number of aromatic hydroxyl groups is 1. The normalized spacial score (nSPS) is 16.5. The molecule has 2 aromatic carbocycles. The number of nitrogens with one attached hydrogen (secondary N) is 2. The minimum Gasteiger partial charge on any atom is -0.502 e. The molecule has 0 saturated carbocycles. The van der Waals surface area contributed by atoms with Gasteiger partial charge in [-0.3, -0.25) is 14.5 Å². The summed E-state index contributed by atoms with van der Waals surface area (Å²) >= 11 is 0. The molecule has 0 unspecified atom stereocenters. The topological polar surface area (TPSA) is 111 Å². The lowest BCUT2D eigenvalue weighted by Crippen LogP contribution is -2.50. The molecule has 0 aliphatic carbocycles. The van der Waals surface area contributed by atoms with E-state index in [1.165, 1.54) is 6.33 Å². The van der Waals surface area contributed by atoms with E-state index in [-0.39, 0.29) is 23.9 Å². The minimum atomic E-state index is -0.566. The molecular formula is C29H31N5O4. The molecule has 9 nitrogen and oxygen atoms in total. The maximum atomic E-state index is 13.0. The summed E-state index contributed by atoms with van der Waals surface area (Å²) in [5, 5.41) is 12.9. The molecule has 2 aliphatic heterocycles. The Morgan fingerprint density at radius 1 is 1.00 bits per heavy atom. The fraction of sp³-hybridized carbons (Fsp3) is 0.345. The molecule has 3 heterocycles. The van der Waals surface area contributed by atoms with Gasteiger partial charge >= 0.3 is 0 Å². The molecule has 1 amide bonds. The summed E-state index contributed by atoms with van der Waals surface area (Å²) in [4.78, 5) is 35.2. The van der Waals surface area contributed by atoms with Gasteiger partial charge in [-0.2, -0.15) is 0 Å². The van der Waals surface area contributed by atoms with E-state index < -0.39 is 5.56 Å². The van der Waals surface area contributed by atoms with E-state index in [0.717, 1.165) is 69.0 Å². The number of nitrogens with zero attached hydrogens (tertiary/aromatic N) is 3.